The van der Waals surface area contributed by atoms with Crippen LogP contribution in [0.5, 0.6) is 0 Å². The Hall–Kier alpha value is -3.24. The highest BCUT2D eigenvalue weighted by atomic mass is 16.5. The van der Waals surface area contributed by atoms with E-state index in [1.807, 2.05) is 18.2 Å². The number of aromatic nitrogens is 2. The van der Waals surface area contributed by atoms with Gasteiger partial charge in [-0.2, -0.15) is 4.98 Å². The van der Waals surface area contributed by atoms with Crippen LogP contribution in [0, 0.1) is 0 Å². The van der Waals surface area contributed by atoms with Gasteiger partial charge in [0, 0.05) is 18.0 Å². The van der Waals surface area contributed by atoms with Crippen LogP contribution in [0.3, 0.4) is 0 Å². The van der Waals surface area contributed by atoms with Crippen molar-refractivity contribution in [3.05, 3.63) is 95.8 Å². The van der Waals surface area contributed by atoms with E-state index in [-0.39, 0.29) is 6.04 Å². The molecule has 0 amide bonds. The molecule has 0 saturated carbocycles. The van der Waals surface area contributed by atoms with E-state index in [4.69, 9.17) is 10.3 Å². The maximum atomic E-state index is 6.53. The second-order valence-electron chi connectivity index (χ2n) is 10.4. The molecule has 4 aromatic rings. The van der Waals surface area contributed by atoms with Gasteiger partial charge in [0.05, 0.1) is 0 Å². The molecule has 0 fully saturated rings. The number of unbranched alkanes of at least 4 members (excludes halogenated alkanes) is 8. The lowest BCUT2D eigenvalue weighted by Gasteiger charge is -2.12. The summed E-state index contributed by atoms with van der Waals surface area (Å²) in [6.07, 6.45) is 14.6. The van der Waals surface area contributed by atoms with Crippen LogP contribution in [-0.4, -0.2) is 10.1 Å². The van der Waals surface area contributed by atoms with Gasteiger partial charge in [-0.3, -0.25) is 0 Å². The Bertz CT molecular complexity index is 1180. The third-order valence-corrected chi connectivity index (χ3v) is 7.36. The fourth-order valence-electron chi connectivity index (χ4n) is 4.92. The molecule has 0 aliphatic rings. The van der Waals surface area contributed by atoms with Crippen molar-refractivity contribution < 1.29 is 4.52 Å². The van der Waals surface area contributed by atoms with Crippen molar-refractivity contribution in [2.75, 3.05) is 0 Å². The SMILES string of the molecule is CCCCCCCCCCCc1noc(-c2ccc(C(N)CCc3ccc(-c4ccccc4)cc3)cc2)n1. The van der Waals surface area contributed by atoms with Gasteiger partial charge in [-0.25, -0.2) is 0 Å². The molecule has 2 N–H and O–H groups in total. The van der Waals surface area contributed by atoms with Crippen molar-refractivity contribution in [3.8, 4) is 22.6 Å². The van der Waals surface area contributed by atoms with E-state index in [1.54, 1.807) is 0 Å². The van der Waals surface area contributed by atoms with E-state index < -0.39 is 0 Å². The molecule has 3 aromatic carbocycles. The number of nitrogens with zero attached hydrogens (tertiary/aromatic N) is 2. The predicted octanol–water partition coefficient (Wildman–Crippen LogP) is 9.11. The summed E-state index contributed by atoms with van der Waals surface area (Å²) in [5.41, 5.74) is 12.4. The zero-order valence-corrected chi connectivity index (χ0v) is 22.9. The number of aryl methyl sites for hydroxylation is 2. The number of hydrogen-bond acceptors (Lipinski definition) is 4. The minimum atomic E-state index is -0.0114. The Morgan fingerprint density at radius 2 is 1.26 bits per heavy atom. The third-order valence-electron chi connectivity index (χ3n) is 7.36. The first kappa shape index (κ1) is 27.8. The molecule has 0 saturated heterocycles. The van der Waals surface area contributed by atoms with Gasteiger partial charge in [0.1, 0.15) is 0 Å². The van der Waals surface area contributed by atoms with Crippen LogP contribution in [0.2, 0.25) is 0 Å². The van der Waals surface area contributed by atoms with Crippen LogP contribution < -0.4 is 5.73 Å². The van der Waals surface area contributed by atoms with Crippen LogP contribution in [0.1, 0.15) is 94.1 Å². The topological polar surface area (TPSA) is 64.9 Å². The van der Waals surface area contributed by atoms with E-state index in [0.29, 0.717) is 5.89 Å². The zero-order valence-electron chi connectivity index (χ0n) is 22.9. The molecule has 0 aliphatic carbocycles. The molecule has 0 radical (unpaired) electrons. The zero-order chi connectivity index (χ0) is 26.4. The van der Waals surface area contributed by atoms with E-state index >= 15 is 0 Å². The molecule has 4 nitrogen and oxygen atoms in total. The minimum Gasteiger partial charge on any atom is -0.334 e. The monoisotopic (exact) mass is 509 g/mol. The van der Waals surface area contributed by atoms with Gasteiger partial charge in [0.15, 0.2) is 5.82 Å². The maximum absolute atomic E-state index is 6.53. The standard InChI is InChI=1S/C34H43N3O/c1-2-3-4-5-6-7-8-9-13-16-33-36-34(38-37-33)31-24-22-30(23-25-31)32(35)26-19-27-17-20-29(21-18-27)28-14-11-10-12-15-28/h10-12,14-15,17-18,20-25,32H,2-9,13,16,19,26,35H2,1H3. The summed E-state index contributed by atoms with van der Waals surface area (Å²) in [5, 5.41) is 4.20. The number of hydrogen-bond donors (Lipinski definition) is 1. The lowest BCUT2D eigenvalue weighted by molar-refractivity contribution is 0.421. The quantitative estimate of drug-likeness (QED) is 0.153. The molecular formula is C34H43N3O. The summed E-state index contributed by atoms with van der Waals surface area (Å²) < 4.78 is 5.54. The molecule has 1 unspecified atom stereocenters. The summed E-state index contributed by atoms with van der Waals surface area (Å²) in [4.78, 5) is 4.62. The molecule has 1 atom stereocenters. The highest BCUT2D eigenvalue weighted by molar-refractivity contribution is 5.63. The van der Waals surface area contributed by atoms with Crippen LogP contribution in [0.4, 0.5) is 0 Å². The number of nitrogens with two attached hydrogens (primary N) is 1. The molecule has 0 bridgehead atoms. The normalized spacial score (nSPS) is 12.1. The Morgan fingerprint density at radius 3 is 1.95 bits per heavy atom. The highest BCUT2D eigenvalue weighted by Crippen LogP contribution is 2.24. The summed E-state index contributed by atoms with van der Waals surface area (Å²) in [6.45, 7) is 2.27. The first-order chi connectivity index (χ1) is 18.7. The Balaban J connectivity index is 1.18. The van der Waals surface area contributed by atoms with Crippen LogP contribution >= 0.6 is 0 Å². The first-order valence-electron chi connectivity index (χ1n) is 14.6. The maximum Gasteiger partial charge on any atom is 0.257 e. The van der Waals surface area contributed by atoms with E-state index in [0.717, 1.165) is 42.6 Å². The Kier molecular flexibility index (Phi) is 11.1. The molecule has 1 aromatic heterocycles. The highest BCUT2D eigenvalue weighted by Gasteiger charge is 2.11. The predicted molar refractivity (Wildman–Crippen MR) is 158 cm³/mol. The van der Waals surface area contributed by atoms with Gasteiger partial charge < -0.3 is 10.3 Å². The molecule has 38 heavy (non-hydrogen) atoms. The van der Waals surface area contributed by atoms with Crippen molar-refractivity contribution in [1.29, 1.82) is 0 Å². The van der Waals surface area contributed by atoms with Gasteiger partial charge in [0.2, 0.25) is 0 Å². The van der Waals surface area contributed by atoms with Gasteiger partial charge in [-0.15, -0.1) is 0 Å². The molecule has 1 heterocycles. The van der Waals surface area contributed by atoms with Gasteiger partial charge in [-0.1, -0.05) is 130 Å². The second-order valence-corrected chi connectivity index (χ2v) is 10.4. The van der Waals surface area contributed by atoms with Gasteiger partial charge in [0.25, 0.3) is 5.89 Å². The average molecular weight is 510 g/mol. The smallest absolute Gasteiger partial charge is 0.257 e. The van der Waals surface area contributed by atoms with Gasteiger partial charge >= 0.3 is 0 Å². The van der Waals surface area contributed by atoms with E-state index in [2.05, 4.69) is 77.7 Å². The lowest BCUT2D eigenvalue weighted by atomic mass is 9.97. The average Bonchev–Trinajstić information content (AvgIpc) is 3.45. The molecule has 0 spiro atoms. The largest absolute Gasteiger partial charge is 0.334 e. The fraction of sp³-hybridized carbons (Fsp3) is 0.412. The van der Waals surface area contributed by atoms with Crippen molar-refractivity contribution >= 4 is 0 Å². The van der Waals surface area contributed by atoms with Crippen molar-refractivity contribution in [2.24, 2.45) is 5.73 Å². The van der Waals surface area contributed by atoms with Crippen molar-refractivity contribution in [2.45, 2.75) is 90.0 Å². The van der Waals surface area contributed by atoms with Crippen LogP contribution in [0.25, 0.3) is 22.6 Å². The summed E-state index contributed by atoms with van der Waals surface area (Å²) >= 11 is 0. The molecule has 0 aliphatic heterocycles. The van der Waals surface area contributed by atoms with Crippen molar-refractivity contribution in [1.82, 2.24) is 10.1 Å². The minimum absolute atomic E-state index is 0.0114. The molecule has 4 heteroatoms. The Labute approximate surface area is 228 Å². The molecule has 4 rings (SSSR count). The van der Waals surface area contributed by atoms with Crippen LogP contribution in [0.15, 0.2) is 83.4 Å². The second kappa shape index (κ2) is 15.2. The van der Waals surface area contributed by atoms with Crippen LogP contribution in [-0.2, 0) is 12.8 Å². The summed E-state index contributed by atoms with van der Waals surface area (Å²) in [7, 11) is 0. The number of benzene rings is 3. The first-order valence-corrected chi connectivity index (χ1v) is 14.6. The third kappa shape index (κ3) is 8.66. The summed E-state index contributed by atoms with van der Waals surface area (Å²) in [6, 6.07) is 27.5. The van der Waals surface area contributed by atoms with Gasteiger partial charge in [-0.05, 0) is 53.6 Å². The summed E-state index contributed by atoms with van der Waals surface area (Å²) in [5.74, 6) is 1.40. The molecule has 200 valence electrons. The van der Waals surface area contributed by atoms with E-state index in [1.165, 1.54) is 68.1 Å². The van der Waals surface area contributed by atoms with Crippen molar-refractivity contribution in [3.63, 3.8) is 0 Å². The lowest BCUT2D eigenvalue weighted by Crippen LogP contribution is -2.11. The fourth-order valence-corrected chi connectivity index (χ4v) is 4.92. The van der Waals surface area contributed by atoms with E-state index in [9.17, 15) is 0 Å². The molecular weight excluding hydrogens is 466 g/mol. The number of rotatable bonds is 16. The Morgan fingerprint density at radius 1 is 0.658 bits per heavy atom.